The molecule has 1 saturated heterocycles. The summed E-state index contributed by atoms with van der Waals surface area (Å²) in [5, 5.41) is 13.1. The number of benzene rings is 1. The molecule has 0 bridgehead atoms. The number of aromatic hydroxyl groups is 1. The van der Waals surface area contributed by atoms with Crippen molar-refractivity contribution in [1.29, 1.82) is 0 Å². The minimum Gasteiger partial charge on any atom is -0.507 e. The normalized spacial score (nSPS) is 24.7. The van der Waals surface area contributed by atoms with Crippen molar-refractivity contribution in [2.75, 3.05) is 13.7 Å². The predicted molar refractivity (Wildman–Crippen MR) is 59.2 cm³/mol. The van der Waals surface area contributed by atoms with Gasteiger partial charge in [0.15, 0.2) is 0 Å². The third-order valence-corrected chi connectivity index (χ3v) is 3.20. The standard InChI is InChI=1S/C12H16FNO2/c1-12(4-3-5-14-12)11-9(13)6-8(16-2)7-10(11)15/h6-7,14-15H,3-5H2,1-2H3. The van der Waals surface area contributed by atoms with Crippen LogP contribution in [0.25, 0.3) is 0 Å². The van der Waals surface area contributed by atoms with Crippen LogP contribution in [0.5, 0.6) is 11.5 Å². The van der Waals surface area contributed by atoms with Crippen molar-refractivity contribution in [2.45, 2.75) is 25.3 Å². The van der Waals surface area contributed by atoms with Crippen molar-refractivity contribution in [3.05, 3.63) is 23.5 Å². The first kappa shape index (κ1) is 11.2. The molecule has 0 saturated carbocycles. The largest absolute Gasteiger partial charge is 0.507 e. The van der Waals surface area contributed by atoms with Crippen LogP contribution in [0, 0.1) is 5.82 Å². The molecule has 1 aromatic rings. The zero-order valence-electron chi connectivity index (χ0n) is 9.51. The van der Waals surface area contributed by atoms with Gasteiger partial charge in [-0.3, -0.25) is 0 Å². The third kappa shape index (κ3) is 1.73. The van der Waals surface area contributed by atoms with Crippen LogP contribution in [0.2, 0.25) is 0 Å². The van der Waals surface area contributed by atoms with Crippen LogP contribution in [0.1, 0.15) is 25.3 Å². The number of hydrogen-bond acceptors (Lipinski definition) is 3. The number of halogens is 1. The lowest BCUT2D eigenvalue weighted by molar-refractivity contribution is 0.363. The summed E-state index contributed by atoms with van der Waals surface area (Å²) in [7, 11) is 1.45. The Morgan fingerprint density at radius 1 is 1.50 bits per heavy atom. The van der Waals surface area contributed by atoms with Gasteiger partial charge >= 0.3 is 0 Å². The Morgan fingerprint density at radius 3 is 2.75 bits per heavy atom. The van der Waals surface area contributed by atoms with E-state index in [1.54, 1.807) is 0 Å². The van der Waals surface area contributed by atoms with Crippen molar-refractivity contribution in [3.8, 4) is 11.5 Å². The Labute approximate surface area is 94.2 Å². The molecular formula is C12H16FNO2. The molecule has 1 unspecified atom stereocenters. The molecule has 0 amide bonds. The lowest BCUT2D eigenvalue weighted by Gasteiger charge is -2.26. The van der Waals surface area contributed by atoms with Gasteiger partial charge in [-0.1, -0.05) is 0 Å². The summed E-state index contributed by atoms with van der Waals surface area (Å²) < 4.78 is 18.8. The molecule has 3 nitrogen and oxygen atoms in total. The maximum atomic E-state index is 13.9. The minimum absolute atomic E-state index is 0.0475. The summed E-state index contributed by atoms with van der Waals surface area (Å²) >= 11 is 0. The number of ether oxygens (including phenoxy) is 1. The van der Waals surface area contributed by atoms with Crippen molar-refractivity contribution in [2.24, 2.45) is 0 Å². The highest BCUT2D eigenvalue weighted by Crippen LogP contribution is 2.39. The number of hydrogen-bond donors (Lipinski definition) is 2. The summed E-state index contributed by atoms with van der Waals surface area (Å²) in [6.45, 7) is 2.76. The fourth-order valence-corrected chi connectivity index (χ4v) is 2.34. The number of phenolic OH excluding ortho intramolecular Hbond substituents is 1. The smallest absolute Gasteiger partial charge is 0.135 e. The molecule has 16 heavy (non-hydrogen) atoms. The molecular weight excluding hydrogens is 209 g/mol. The van der Waals surface area contributed by atoms with E-state index >= 15 is 0 Å². The van der Waals surface area contributed by atoms with Gasteiger partial charge in [-0.05, 0) is 26.3 Å². The number of nitrogens with one attached hydrogen (secondary N) is 1. The quantitative estimate of drug-likeness (QED) is 0.810. The van der Waals surface area contributed by atoms with Gasteiger partial charge in [0, 0.05) is 23.2 Å². The Balaban J connectivity index is 2.48. The van der Waals surface area contributed by atoms with Crippen molar-refractivity contribution in [1.82, 2.24) is 5.32 Å². The van der Waals surface area contributed by atoms with E-state index < -0.39 is 11.4 Å². The van der Waals surface area contributed by atoms with Gasteiger partial charge < -0.3 is 15.2 Å². The molecule has 1 atom stereocenters. The van der Waals surface area contributed by atoms with Crippen molar-refractivity contribution < 1.29 is 14.2 Å². The zero-order chi connectivity index (χ0) is 11.8. The fraction of sp³-hybridized carbons (Fsp3) is 0.500. The average molecular weight is 225 g/mol. The second kappa shape index (κ2) is 3.94. The molecule has 1 heterocycles. The Hall–Kier alpha value is -1.29. The first-order valence-corrected chi connectivity index (χ1v) is 5.39. The first-order valence-electron chi connectivity index (χ1n) is 5.39. The summed E-state index contributed by atoms with van der Waals surface area (Å²) in [5.41, 5.74) is -0.133. The van der Waals surface area contributed by atoms with E-state index in [-0.39, 0.29) is 5.75 Å². The molecule has 2 N–H and O–H groups in total. The molecule has 1 aromatic carbocycles. The average Bonchev–Trinajstić information content (AvgIpc) is 2.64. The van der Waals surface area contributed by atoms with E-state index in [1.807, 2.05) is 6.92 Å². The van der Waals surface area contributed by atoms with E-state index in [9.17, 15) is 9.50 Å². The summed E-state index contributed by atoms with van der Waals surface area (Å²) in [6, 6.07) is 2.75. The second-order valence-corrected chi connectivity index (χ2v) is 4.37. The van der Waals surface area contributed by atoms with Crippen molar-refractivity contribution in [3.63, 3.8) is 0 Å². The highest BCUT2D eigenvalue weighted by atomic mass is 19.1. The van der Waals surface area contributed by atoms with Crippen LogP contribution >= 0.6 is 0 Å². The molecule has 0 spiro atoms. The highest BCUT2D eigenvalue weighted by molar-refractivity contribution is 5.45. The van der Waals surface area contributed by atoms with Gasteiger partial charge in [-0.15, -0.1) is 0 Å². The maximum absolute atomic E-state index is 13.9. The van der Waals surface area contributed by atoms with Gasteiger partial charge in [0.1, 0.15) is 17.3 Å². The fourth-order valence-electron chi connectivity index (χ4n) is 2.34. The topological polar surface area (TPSA) is 41.5 Å². The molecule has 1 aliphatic rings. The van der Waals surface area contributed by atoms with E-state index in [1.165, 1.54) is 19.2 Å². The summed E-state index contributed by atoms with van der Waals surface area (Å²) in [4.78, 5) is 0. The van der Waals surface area contributed by atoms with E-state index in [4.69, 9.17) is 4.74 Å². The monoisotopic (exact) mass is 225 g/mol. The zero-order valence-corrected chi connectivity index (χ0v) is 9.51. The lowest BCUT2D eigenvalue weighted by atomic mass is 9.89. The van der Waals surface area contributed by atoms with Gasteiger partial charge in [-0.2, -0.15) is 0 Å². The Bertz CT molecular complexity index is 377. The number of rotatable bonds is 2. The van der Waals surface area contributed by atoms with E-state index in [0.717, 1.165) is 19.4 Å². The molecule has 2 rings (SSSR count). The first-order chi connectivity index (χ1) is 7.57. The van der Waals surface area contributed by atoms with E-state index in [2.05, 4.69) is 5.32 Å². The second-order valence-electron chi connectivity index (χ2n) is 4.37. The Morgan fingerprint density at radius 2 is 2.25 bits per heavy atom. The molecule has 1 fully saturated rings. The van der Waals surface area contributed by atoms with Crippen LogP contribution in [-0.4, -0.2) is 18.8 Å². The van der Waals surface area contributed by atoms with Crippen LogP contribution in [0.15, 0.2) is 12.1 Å². The molecule has 0 aliphatic carbocycles. The molecule has 4 heteroatoms. The maximum Gasteiger partial charge on any atom is 0.135 e. The Kier molecular flexibility index (Phi) is 2.76. The molecule has 1 aliphatic heterocycles. The van der Waals surface area contributed by atoms with Gasteiger partial charge in [0.05, 0.1) is 7.11 Å². The van der Waals surface area contributed by atoms with Gasteiger partial charge in [0.2, 0.25) is 0 Å². The van der Waals surface area contributed by atoms with Gasteiger partial charge in [-0.25, -0.2) is 4.39 Å². The third-order valence-electron chi connectivity index (χ3n) is 3.20. The SMILES string of the molecule is COc1cc(O)c(C2(C)CCCN2)c(F)c1. The van der Waals surface area contributed by atoms with E-state index in [0.29, 0.717) is 11.3 Å². The van der Waals surface area contributed by atoms with Crippen LogP contribution < -0.4 is 10.1 Å². The molecule has 0 aromatic heterocycles. The minimum atomic E-state index is -0.472. The highest BCUT2D eigenvalue weighted by Gasteiger charge is 2.35. The molecule has 88 valence electrons. The predicted octanol–water partition coefficient (Wildman–Crippen LogP) is 2.14. The van der Waals surface area contributed by atoms with Crippen LogP contribution in [0.3, 0.4) is 0 Å². The van der Waals surface area contributed by atoms with Crippen LogP contribution in [-0.2, 0) is 5.54 Å². The number of phenols is 1. The summed E-state index contributed by atoms with van der Waals surface area (Å²) in [6.07, 6.45) is 1.81. The summed E-state index contributed by atoms with van der Waals surface area (Å²) in [5.74, 6) is -0.136. The van der Waals surface area contributed by atoms with Crippen molar-refractivity contribution >= 4 is 0 Å². The molecule has 0 radical (unpaired) electrons. The lowest BCUT2D eigenvalue weighted by Crippen LogP contribution is -2.34. The van der Waals surface area contributed by atoms with Gasteiger partial charge in [0.25, 0.3) is 0 Å². The number of methoxy groups -OCH3 is 1. The van der Waals surface area contributed by atoms with Crippen LogP contribution in [0.4, 0.5) is 4.39 Å².